The van der Waals surface area contributed by atoms with E-state index in [1.54, 1.807) is 60.7 Å². The van der Waals surface area contributed by atoms with Gasteiger partial charge in [-0.15, -0.1) is 11.8 Å². The third-order valence-corrected chi connectivity index (χ3v) is 8.42. The number of thioether (sulfide) groups is 2. The predicted molar refractivity (Wildman–Crippen MR) is 179 cm³/mol. The largest absolute Gasteiger partial charge is 0.496 e. The minimum Gasteiger partial charge on any atom is -0.496 e. The van der Waals surface area contributed by atoms with Crippen LogP contribution < -0.4 is 30.2 Å². The van der Waals surface area contributed by atoms with Gasteiger partial charge in [0.2, 0.25) is 16.2 Å². The molecule has 0 spiro atoms. The van der Waals surface area contributed by atoms with Crippen molar-refractivity contribution in [1.29, 1.82) is 0 Å². The van der Waals surface area contributed by atoms with Gasteiger partial charge in [0.05, 0.1) is 27.1 Å². The van der Waals surface area contributed by atoms with E-state index in [-0.39, 0.29) is 17.4 Å². The zero-order valence-corrected chi connectivity index (χ0v) is 27.4. The number of amides is 3. The fourth-order valence-corrected chi connectivity index (χ4v) is 5.92. The highest BCUT2D eigenvalue weighted by molar-refractivity contribution is 8.00. The smallest absolute Gasteiger partial charge is 0.272 e. The van der Waals surface area contributed by atoms with E-state index in [1.807, 2.05) is 13.0 Å². The Labute approximate surface area is 273 Å². The summed E-state index contributed by atoms with van der Waals surface area (Å²) < 4.78 is 20.5. The number of methoxy groups -OCH3 is 3. The lowest BCUT2D eigenvalue weighted by Gasteiger charge is -2.15. The Morgan fingerprint density at radius 1 is 0.867 bits per heavy atom. The van der Waals surface area contributed by atoms with Gasteiger partial charge in [0, 0.05) is 39.3 Å². The molecule has 0 fully saturated rings. The molecule has 0 saturated carbocycles. The molecular weight excluding hydrogens is 635 g/mol. The second-order valence-corrected chi connectivity index (χ2v) is 12.0. The maximum atomic E-state index is 13.6. The number of hydrogen-bond donors (Lipinski definition) is 3. The van der Waals surface area contributed by atoms with Crippen LogP contribution in [0.5, 0.6) is 17.2 Å². The summed E-state index contributed by atoms with van der Waals surface area (Å²) in [6.45, 7) is 2.00. The molecule has 0 aliphatic heterocycles. The first-order valence-corrected chi connectivity index (χ1v) is 16.3. The molecule has 14 heteroatoms. The fourth-order valence-electron chi connectivity index (χ4n) is 3.88. The van der Waals surface area contributed by atoms with E-state index in [9.17, 15) is 14.4 Å². The van der Waals surface area contributed by atoms with Crippen LogP contribution in [0.2, 0.25) is 0 Å². The Hall–Kier alpha value is -4.53. The van der Waals surface area contributed by atoms with Crippen LogP contribution >= 0.6 is 35.1 Å². The zero-order chi connectivity index (χ0) is 32.2. The Kier molecular flexibility index (Phi) is 12.2. The van der Waals surface area contributed by atoms with Gasteiger partial charge in [-0.25, -0.2) is 0 Å². The monoisotopic (exact) mass is 665 g/mol. The second kappa shape index (κ2) is 16.5. The van der Waals surface area contributed by atoms with Crippen molar-refractivity contribution in [3.8, 4) is 17.2 Å². The summed E-state index contributed by atoms with van der Waals surface area (Å²) in [5.74, 6) is 0.958. The van der Waals surface area contributed by atoms with E-state index < -0.39 is 11.8 Å². The topological polar surface area (TPSA) is 141 Å². The predicted octanol–water partition coefficient (Wildman–Crippen LogP) is 5.82. The summed E-state index contributed by atoms with van der Waals surface area (Å²) in [5.41, 5.74) is 1.28. The first-order valence-electron chi connectivity index (χ1n) is 13.5. The van der Waals surface area contributed by atoms with Crippen molar-refractivity contribution in [2.75, 3.05) is 43.5 Å². The van der Waals surface area contributed by atoms with Crippen LogP contribution in [-0.2, 0) is 9.59 Å². The molecular formula is C31H31N5O6S3. The van der Waals surface area contributed by atoms with Crippen molar-refractivity contribution < 1.29 is 28.6 Å². The third kappa shape index (κ3) is 9.48. The van der Waals surface area contributed by atoms with Crippen molar-refractivity contribution in [1.82, 2.24) is 14.7 Å². The van der Waals surface area contributed by atoms with Gasteiger partial charge in [0.1, 0.15) is 11.4 Å². The molecule has 0 aliphatic rings. The molecule has 3 N–H and O–H groups in total. The molecule has 3 aromatic carbocycles. The standard InChI is InChI=1S/C31H31N5O6S3/c1-5-43-31-35-30(45-36-31)34-27(37)18-44-22-13-9-12-21(16-22)32-29(39)23(33-28(38)19-10-7-6-8-11-19)14-20-15-25(41-3)26(42-4)17-24(20)40-2/h6-17H,5,18H2,1-4H3,(H,32,39)(H,33,38)(H,34,35,36,37)/b23-14+. The van der Waals surface area contributed by atoms with Gasteiger partial charge in [-0.2, -0.15) is 9.36 Å². The lowest BCUT2D eigenvalue weighted by atomic mass is 10.1. The normalized spacial score (nSPS) is 11.0. The lowest BCUT2D eigenvalue weighted by Crippen LogP contribution is -2.30. The molecule has 0 radical (unpaired) electrons. The number of carbonyl (C=O) groups excluding carboxylic acids is 3. The van der Waals surface area contributed by atoms with Crippen LogP contribution in [0.3, 0.4) is 0 Å². The number of anilines is 2. The SMILES string of the molecule is CCSc1nsc(NC(=O)CSc2cccc(NC(=O)/C(=C\c3cc(OC)c(OC)cc3OC)NC(=O)c3ccccc3)c2)n1. The van der Waals surface area contributed by atoms with E-state index in [4.69, 9.17) is 14.2 Å². The van der Waals surface area contributed by atoms with Crippen LogP contribution in [0, 0.1) is 0 Å². The van der Waals surface area contributed by atoms with Gasteiger partial charge in [-0.1, -0.05) is 43.0 Å². The Morgan fingerprint density at radius 3 is 2.31 bits per heavy atom. The first-order chi connectivity index (χ1) is 21.8. The summed E-state index contributed by atoms with van der Waals surface area (Å²) >= 11 is 3.93. The van der Waals surface area contributed by atoms with E-state index in [2.05, 4.69) is 25.3 Å². The molecule has 0 saturated heterocycles. The van der Waals surface area contributed by atoms with Crippen molar-refractivity contribution in [3.05, 3.63) is 83.6 Å². The summed E-state index contributed by atoms with van der Waals surface area (Å²) in [4.78, 5) is 44.2. The Bertz CT molecular complexity index is 1680. The van der Waals surface area contributed by atoms with E-state index >= 15 is 0 Å². The molecule has 1 aromatic heterocycles. The van der Waals surface area contributed by atoms with Gasteiger partial charge in [-0.05, 0) is 48.2 Å². The maximum absolute atomic E-state index is 13.6. The molecule has 11 nitrogen and oxygen atoms in total. The van der Waals surface area contributed by atoms with Gasteiger partial charge < -0.3 is 24.8 Å². The number of carbonyl (C=O) groups is 3. The summed E-state index contributed by atoms with van der Waals surface area (Å²) in [7, 11) is 4.49. The molecule has 4 aromatic rings. The van der Waals surface area contributed by atoms with Crippen molar-refractivity contribution in [2.45, 2.75) is 17.0 Å². The molecule has 0 atom stereocenters. The van der Waals surface area contributed by atoms with Crippen LogP contribution in [0.25, 0.3) is 6.08 Å². The number of hydrogen-bond acceptors (Lipinski definition) is 11. The highest BCUT2D eigenvalue weighted by atomic mass is 32.2. The highest BCUT2D eigenvalue weighted by Crippen LogP contribution is 2.35. The summed E-state index contributed by atoms with van der Waals surface area (Å²) in [6, 6.07) is 18.9. The molecule has 0 aliphatic carbocycles. The fraction of sp³-hybridized carbons (Fsp3) is 0.194. The molecule has 1 heterocycles. The van der Waals surface area contributed by atoms with E-state index in [0.29, 0.717) is 44.4 Å². The van der Waals surface area contributed by atoms with Crippen LogP contribution in [0.1, 0.15) is 22.8 Å². The third-order valence-electron chi connectivity index (χ3n) is 5.95. The molecule has 0 unspecified atom stereocenters. The Balaban J connectivity index is 1.52. The number of nitrogens with zero attached hydrogens (tertiary/aromatic N) is 2. The van der Waals surface area contributed by atoms with Gasteiger partial charge in [0.25, 0.3) is 11.8 Å². The van der Waals surface area contributed by atoms with Gasteiger partial charge >= 0.3 is 0 Å². The average Bonchev–Trinajstić information content (AvgIpc) is 3.50. The van der Waals surface area contributed by atoms with Crippen molar-refractivity contribution in [2.24, 2.45) is 0 Å². The molecule has 45 heavy (non-hydrogen) atoms. The number of benzene rings is 3. The average molecular weight is 666 g/mol. The zero-order valence-electron chi connectivity index (χ0n) is 24.9. The van der Waals surface area contributed by atoms with Gasteiger partial charge in [-0.3, -0.25) is 19.7 Å². The van der Waals surface area contributed by atoms with Crippen LogP contribution in [0.15, 0.2) is 82.5 Å². The van der Waals surface area contributed by atoms with E-state index in [0.717, 1.165) is 22.2 Å². The van der Waals surface area contributed by atoms with Crippen LogP contribution in [-0.4, -0.2) is 59.9 Å². The number of aromatic nitrogens is 2. The van der Waals surface area contributed by atoms with Crippen molar-refractivity contribution in [3.63, 3.8) is 0 Å². The summed E-state index contributed by atoms with van der Waals surface area (Å²) in [5, 5.41) is 9.39. The number of nitrogens with one attached hydrogen (secondary N) is 3. The molecule has 3 amide bonds. The second-order valence-electron chi connectivity index (χ2n) is 8.96. The minimum atomic E-state index is -0.576. The molecule has 0 bridgehead atoms. The molecule has 4 rings (SSSR count). The summed E-state index contributed by atoms with van der Waals surface area (Å²) in [6.07, 6.45) is 1.50. The number of rotatable bonds is 14. The minimum absolute atomic E-state index is 0.0375. The van der Waals surface area contributed by atoms with Crippen molar-refractivity contribution >= 4 is 69.7 Å². The maximum Gasteiger partial charge on any atom is 0.272 e. The van der Waals surface area contributed by atoms with Gasteiger partial charge in [0.15, 0.2) is 11.5 Å². The molecule has 234 valence electrons. The quantitative estimate of drug-likeness (QED) is 0.112. The van der Waals surface area contributed by atoms with Crippen LogP contribution in [0.4, 0.5) is 10.8 Å². The van der Waals surface area contributed by atoms with E-state index in [1.165, 1.54) is 50.9 Å². The number of ether oxygens (including phenoxy) is 3. The highest BCUT2D eigenvalue weighted by Gasteiger charge is 2.18. The lowest BCUT2D eigenvalue weighted by molar-refractivity contribution is -0.114. The Morgan fingerprint density at radius 2 is 1.60 bits per heavy atom. The first kappa shape index (κ1) is 33.4.